The number of quaternary nitrogens is 1. The Morgan fingerprint density at radius 1 is 1.24 bits per heavy atom. The minimum atomic E-state index is -0.523. The molecule has 0 aliphatic carbocycles. The molecule has 0 radical (unpaired) electrons. The van der Waals surface area contributed by atoms with Gasteiger partial charge in [0, 0.05) is 6.42 Å². The van der Waals surface area contributed by atoms with E-state index in [0.717, 1.165) is 19.5 Å². The number of amides is 2. The van der Waals surface area contributed by atoms with Crippen molar-refractivity contribution in [2.45, 2.75) is 19.4 Å². The highest BCUT2D eigenvalue weighted by atomic mass is 32.1. The fraction of sp³-hybridized carbons (Fsp3) is 0.263. The standard InChI is InChI=1S/C19H21N3O2S/c1-13(18(24)21-19-16(17(20)23)9-12-25-19)22-10-7-15(8-11-22)14-5-3-2-4-6-14/h2-7,9,12-13H,8,10-11H2,1H3,(H2,20,23)(H,21,24)/p+1/t13-/m0/s1. The molecule has 1 unspecified atom stereocenters. The molecule has 0 saturated carbocycles. The van der Waals surface area contributed by atoms with E-state index in [2.05, 4.69) is 23.5 Å². The Morgan fingerprint density at radius 3 is 2.64 bits per heavy atom. The van der Waals surface area contributed by atoms with Gasteiger partial charge < -0.3 is 16.0 Å². The topological polar surface area (TPSA) is 76.6 Å². The van der Waals surface area contributed by atoms with Crippen LogP contribution in [0.15, 0.2) is 47.9 Å². The zero-order valence-electron chi connectivity index (χ0n) is 14.1. The molecule has 25 heavy (non-hydrogen) atoms. The molecule has 1 aromatic carbocycles. The summed E-state index contributed by atoms with van der Waals surface area (Å²) in [6.45, 7) is 3.64. The van der Waals surface area contributed by atoms with E-state index in [1.165, 1.54) is 27.4 Å². The van der Waals surface area contributed by atoms with Crippen molar-refractivity contribution in [2.75, 3.05) is 18.4 Å². The van der Waals surface area contributed by atoms with Crippen molar-refractivity contribution in [3.05, 3.63) is 59.0 Å². The third kappa shape index (κ3) is 3.97. The molecule has 0 bridgehead atoms. The van der Waals surface area contributed by atoms with Gasteiger partial charge in [-0.3, -0.25) is 9.59 Å². The summed E-state index contributed by atoms with van der Waals surface area (Å²) in [5.41, 5.74) is 8.29. The molecule has 2 aromatic rings. The SMILES string of the molecule is C[C@@H](C(=O)Nc1sccc1C(N)=O)[NH+]1CC=C(c2ccccc2)CC1. The highest BCUT2D eigenvalue weighted by Crippen LogP contribution is 2.23. The van der Waals surface area contributed by atoms with Crippen LogP contribution < -0.4 is 16.0 Å². The molecule has 1 aromatic heterocycles. The summed E-state index contributed by atoms with van der Waals surface area (Å²) >= 11 is 1.31. The van der Waals surface area contributed by atoms with Gasteiger partial charge in [-0.2, -0.15) is 0 Å². The zero-order valence-corrected chi connectivity index (χ0v) is 14.9. The van der Waals surface area contributed by atoms with Crippen LogP contribution in [0.2, 0.25) is 0 Å². The number of anilines is 1. The number of nitrogens with two attached hydrogens (primary N) is 1. The van der Waals surface area contributed by atoms with Gasteiger partial charge in [0.1, 0.15) is 5.00 Å². The zero-order chi connectivity index (χ0) is 17.8. The molecular weight excluding hydrogens is 334 g/mol. The number of rotatable bonds is 5. The van der Waals surface area contributed by atoms with Crippen LogP contribution in [-0.2, 0) is 4.79 Å². The molecule has 3 rings (SSSR count). The van der Waals surface area contributed by atoms with E-state index in [1.54, 1.807) is 11.4 Å². The molecule has 4 N–H and O–H groups in total. The minimum absolute atomic E-state index is 0.0866. The van der Waals surface area contributed by atoms with Gasteiger partial charge in [-0.05, 0) is 35.6 Å². The molecule has 5 nitrogen and oxygen atoms in total. The van der Waals surface area contributed by atoms with Gasteiger partial charge in [0.2, 0.25) is 0 Å². The number of thiophene rings is 1. The Hall–Kier alpha value is -2.44. The second-order valence-corrected chi connectivity index (χ2v) is 7.11. The predicted molar refractivity (Wildman–Crippen MR) is 101 cm³/mol. The smallest absolute Gasteiger partial charge is 0.283 e. The predicted octanol–water partition coefficient (Wildman–Crippen LogP) is 1.55. The van der Waals surface area contributed by atoms with Gasteiger partial charge in [0.25, 0.3) is 11.8 Å². The van der Waals surface area contributed by atoms with E-state index in [-0.39, 0.29) is 11.9 Å². The van der Waals surface area contributed by atoms with E-state index in [9.17, 15) is 9.59 Å². The van der Waals surface area contributed by atoms with E-state index >= 15 is 0 Å². The summed E-state index contributed by atoms with van der Waals surface area (Å²) in [7, 11) is 0. The molecular formula is C19H22N3O2S+. The van der Waals surface area contributed by atoms with Crippen molar-refractivity contribution in [2.24, 2.45) is 5.73 Å². The maximum Gasteiger partial charge on any atom is 0.283 e. The fourth-order valence-electron chi connectivity index (χ4n) is 3.07. The number of hydrogen-bond acceptors (Lipinski definition) is 3. The summed E-state index contributed by atoms with van der Waals surface area (Å²) < 4.78 is 0. The number of benzene rings is 1. The molecule has 130 valence electrons. The highest BCUT2D eigenvalue weighted by molar-refractivity contribution is 7.14. The maximum atomic E-state index is 12.5. The van der Waals surface area contributed by atoms with Crippen molar-refractivity contribution >= 4 is 33.7 Å². The molecule has 0 saturated heterocycles. The van der Waals surface area contributed by atoms with E-state index in [1.807, 2.05) is 25.1 Å². The van der Waals surface area contributed by atoms with Crippen LogP contribution in [0.1, 0.15) is 29.3 Å². The second-order valence-electron chi connectivity index (χ2n) is 6.20. The van der Waals surface area contributed by atoms with Crippen molar-refractivity contribution < 1.29 is 14.5 Å². The molecule has 2 heterocycles. The summed E-state index contributed by atoms with van der Waals surface area (Å²) in [4.78, 5) is 25.1. The van der Waals surface area contributed by atoms with Crippen LogP contribution >= 0.6 is 11.3 Å². The van der Waals surface area contributed by atoms with Crippen LogP contribution in [0.4, 0.5) is 5.00 Å². The van der Waals surface area contributed by atoms with E-state index < -0.39 is 5.91 Å². The van der Waals surface area contributed by atoms with Gasteiger partial charge in [-0.15, -0.1) is 11.3 Å². The Morgan fingerprint density at radius 2 is 2.00 bits per heavy atom. The molecule has 1 aliphatic rings. The molecule has 2 atom stereocenters. The van der Waals surface area contributed by atoms with Crippen molar-refractivity contribution in [3.63, 3.8) is 0 Å². The van der Waals surface area contributed by atoms with Crippen molar-refractivity contribution in [1.29, 1.82) is 0 Å². The molecule has 2 amide bonds. The summed E-state index contributed by atoms with van der Waals surface area (Å²) in [6.07, 6.45) is 3.17. The number of primary amides is 1. The van der Waals surface area contributed by atoms with E-state index in [4.69, 9.17) is 5.73 Å². The average Bonchev–Trinajstić information content (AvgIpc) is 3.10. The summed E-state index contributed by atoms with van der Waals surface area (Å²) in [6, 6.07) is 11.8. The lowest BCUT2D eigenvalue weighted by atomic mass is 9.99. The Kier molecular flexibility index (Phi) is 5.31. The number of carbonyl (C=O) groups excluding carboxylic acids is 2. The third-order valence-electron chi connectivity index (χ3n) is 4.64. The Labute approximate surface area is 151 Å². The average molecular weight is 356 g/mol. The Bertz CT molecular complexity index is 798. The lowest BCUT2D eigenvalue weighted by molar-refractivity contribution is -0.909. The van der Waals surface area contributed by atoms with Gasteiger partial charge >= 0.3 is 0 Å². The third-order valence-corrected chi connectivity index (χ3v) is 5.47. The van der Waals surface area contributed by atoms with Crippen LogP contribution in [0.3, 0.4) is 0 Å². The number of hydrogen-bond donors (Lipinski definition) is 3. The fourth-order valence-corrected chi connectivity index (χ4v) is 3.86. The first-order chi connectivity index (χ1) is 12.1. The van der Waals surface area contributed by atoms with E-state index in [0.29, 0.717) is 10.6 Å². The first kappa shape index (κ1) is 17.4. The van der Waals surface area contributed by atoms with Gasteiger partial charge in [0.05, 0.1) is 18.7 Å². The van der Waals surface area contributed by atoms with Crippen LogP contribution in [0.5, 0.6) is 0 Å². The Balaban J connectivity index is 1.63. The molecule has 6 heteroatoms. The minimum Gasteiger partial charge on any atom is -0.366 e. The van der Waals surface area contributed by atoms with Crippen LogP contribution in [0.25, 0.3) is 5.57 Å². The second kappa shape index (κ2) is 7.63. The van der Waals surface area contributed by atoms with Gasteiger partial charge in [-0.25, -0.2) is 0 Å². The van der Waals surface area contributed by atoms with Gasteiger partial charge in [0.15, 0.2) is 6.04 Å². The first-order valence-electron chi connectivity index (χ1n) is 8.33. The largest absolute Gasteiger partial charge is 0.366 e. The normalized spacial score (nSPS) is 18.3. The molecule has 0 fully saturated rings. The molecule has 1 aliphatic heterocycles. The molecule has 0 spiro atoms. The maximum absolute atomic E-state index is 12.5. The first-order valence-corrected chi connectivity index (χ1v) is 9.21. The van der Waals surface area contributed by atoms with Crippen molar-refractivity contribution in [3.8, 4) is 0 Å². The summed E-state index contributed by atoms with van der Waals surface area (Å²) in [5, 5.41) is 5.13. The highest BCUT2D eigenvalue weighted by Gasteiger charge is 2.28. The quantitative estimate of drug-likeness (QED) is 0.760. The monoisotopic (exact) mass is 356 g/mol. The summed E-state index contributed by atoms with van der Waals surface area (Å²) in [5.74, 6) is -0.610. The van der Waals surface area contributed by atoms with Gasteiger partial charge in [-0.1, -0.05) is 30.3 Å². The van der Waals surface area contributed by atoms with Crippen LogP contribution in [0, 0.1) is 0 Å². The number of carbonyl (C=O) groups is 2. The number of nitrogens with one attached hydrogen (secondary N) is 2. The lowest BCUT2D eigenvalue weighted by Gasteiger charge is -2.28. The lowest BCUT2D eigenvalue weighted by Crippen LogP contribution is -3.17. The van der Waals surface area contributed by atoms with Crippen molar-refractivity contribution in [1.82, 2.24) is 0 Å². The van der Waals surface area contributed by atoms with Crippen LogP contribution in [-0.4, -0.2) is 30.9 Å².